The van der Waals surface area contributed by atoms with Gasteiger partial charge in [-0.2, -0.15) is 0 Å². The van der Waals surface area contributed by atoms with Gasteiger partial charge in [-0.3, -0.25) is 4.79 Å². The zero-order valence-electron chi connectivity index (χ0n) is 14.4. The van der Waals surface area contributed by atoms with Crippen LogP contribution in [0.5, 0.6) is 0 Å². The van der Waals surface area contributed by atoms with Crippen molar-refractivity contribution in [2.45, 2.75) is 12.8 Å². The van der Waals surface area contributed by atoms with Crippen LogP contribution in [0.2, 0.25) is 0 Å². The molecule has 0 saturated carbocycles. The molecular weight excluding hydrogens is 429 g/mol. The van der Waals surface area contributed by atoms with Crippen molar-refractivity contribution >= 4 is 56.2 Å². The number of thioether (sulfide) groups is 1. The Morgan fingerprint density at radius 3 is 2.59 bits per heavy atom. The maximum absolute atomic E-state index is 14.5. The molecule has 0 bridgehead atoms. The van der Waals surface area contributed by atoms with E-state index >= 15 is 0 Å². The van der Waals surface area contributed by atoms with Gasteiger partial charge in [-0.1, -0.05) is 22.0 Å². The van der Waals surface area contributed by atoms with Crippen LogP contribution in [0.15, 0.2) is 56.8 Å². The summed E-state index contributed by atoms with van der Waals surface area (Å²) in [5.41, 5.74) is 2.05. The molecule has 4 nitrogen and oxygen atoms in total. The summed E-state index contributed by atoms with van der Waals surface area (Å²) in [6, 6.07) is 12.6. The maximum Gasteiger partial charge on any atom is 0.264 e. The van der Waals surface area contributed by atoms with Gasteiger partial charge in [-0.05, 0) is 72.6 Å². The molecule has 4 rings (SSSR count). The Hall–Kier alpha value is -2.12. The number of carbonyl (C=O) groups is 1. The molecule has 2 aromatic rings. The third kappa shape index (κ3) is 4.25. The summed E-state index contributed by atoms with van der Waals surface area (Å²) < 4.78 is 15.4. The quantitative estimate of drug-likeness (QED) is 0.669. The largest absolute Gasteiger partial charge is 0.369 e. The van der Waals surface area contributed by atoms with E-state index in [9.17, 15) is 9.18 Å². The van der Waals surface area contributed by atoms with Gasteiger partial charge >= 0.3 is 0 Å². The van der Waals surface area contributed by atoms with Gasteiger partial charge in [0.25, 0.3) is 5.91 Å². The number of aliphatic imine (C=N–C) groups is 1. The minimum absolute atomic E-state index is 0.222. The number of nitrogens with zero attached hydrogens (tertiary/aromatic N) is 2. The first-order chi connectivity index (χ1) is 13.1. The fourth-order valence-corrected chi connectivity index (χ4v) is 4.20. The molecule has 0 atom stereocenters. The molecule has 1 amide bonds. The highest BCUT2D eigenvalue weighted by molar-refractivity contribution is 9.10. The lowest BCUT2D eigenvalue weighted by molar-refractivity contribution is -0.115. The van der Waals surface area contributed by atoms with E-state index in [0.29, 0.717) is 21.3 Å². The van der Waals surface area contributed by atoms with Gasteiger partial charge in [0.2, 0.25) is 0 Å². The highest BCUT2D eigenvalue weighted by Crippen LogP contribution is 2.30. The molecule has 0 spiro atoms. The monoisotopic (exact) mass is 445 g/mol. The summed E-state index contributed by atoms with van der Waals surface area (Å²) in [4.78, 5) is 19.2. The summed E-state index contributed by atoms with van der Waals surface area (Å²) in [6.07, 6.45) is 3.89. The molecule has 0 aliphatic carbocycles. The van der Waals surface area contributed by atoms with Crippen LogP contribution in [-0.2, 0) is 4.79 Å². The second kappa shape index (κ2) is 7.86. The van der Waals surface area contributed by atoms with Gasteiger partial charge in [-0.25, -0.2) is 9.38 Å². The van der Waals surface area contributed by atoms with Crippen molar-refractivity contribution in [3.63, 3.8) is 0 Å². The maximum atomic E-state index is 14.5. The lowest BCUT2D eigenvalue weighted by Crippen LogP contribution is -2.19. The summed E-state index contributed by atoms with van der Waals surface area (Å²) in [6.45, 7) is 1.79. The van der Waals surface area contributed by atoms with Gasteiger partial charge in [0.05, 0.1) is 16.3 Å². The van der Waals surface area contributed by atoms with Gasteiger partial charge in [-0.15, -0.1) is 0 Å². The van der Waals surface area contributed by atoms with E-state index in [1.807, 2.05) is 30.3 Å². The van der Waals surface area contributed by atoms with Crippen molar-refractivity contribution in [2.75, 3.05) is 18.0 Å². The molecule has 27 heavy (non-hydrogen) atoms. The molecule has 7 heteroatoms. The summed E-state index contributed by atoms with van der Waals surface area (Å²) >= 11 is 4.63. The molecule has 2 saturated heterocycles. The summed E-state index contributed by atoms with van der Waals surface area (Å²) in [5.74, 6) is -0.474. The predicted molar refractivity (Wildman–Crippen MR) is 113 cm³/mol. The van der Waals surface area contributed by atoms with E-state index in [4.69, 9.17) is 0 Å². The van der Waals surface area contributed by atoms with Crippen LogP contribution in [0.4, 0.5) is 15.8 Å². The SMILES string of the molecule is O=C1NC(=Nc2ccc(Br)cc2)S/C1=C\c1ccc(N2CCCC2)c(F)c1. The highest BCUT2D eigenvalue weighted by atomic mass is 79.9. The first-order valence-corrected chi connectivity index (χ1v) is 10.3. The third-order valence-corrected chi connectivity index (χ3v) is 5.86. The Bertz CT molecular complexity index is 937. The Balaban J connectivity index is 1.52. The molecule has 2 fully saturated rings. The van der Waals surface area contributed by atoms with Crippen molar-refractivity contribution < 1.29 is 9.18 Å². The summed E-state index contributed by atoms with van der Waals surface area (Å²) in [7, 11) is 0. The van der Waals surface area contributed by atoms with E-state index in [1.54, 1.807) is 12.1 Å². The van der Waals surface area contributed by atoms with E-state index < -0.39 is 0 Å². The third-order valence-electron chi connectivity index (χ3n) is 4.42. The van der Waals surface area contributed by atoms with Gasteiger partial charge in [0.1, 0.15) is 5.82 Å². The van der Waals surface area contributed by atoms with Crippen LogP contribution in [0.3, 0.4) is 0 Å². The van der Waals surface area contributed by atoms with Crippen LogP contribution in [-0.4, -0.2) is 24.2 Å². The lowest BCUT2D eigenvalue weighted by Gasteiger charge is -2.18. The minimum atomic E-state index is -0.251. The topological polar surface area (TPSA) is 44.7 Å². The molecule has 0 radical (unpaired) electrons. The Morgan fingerprint density at radius 2 is 1.89 bits per heavy atom. The van der Waals surface area contributed by atoms with E-state index in [2.05, 4.69) is 31.1 Å². The number of anilines is 1. The van der Waals surface area contributed by atoms with Crippen LogP contribution in [0, 0.1) is 5.82 Å². The molecule has 2 aliphatic rings. The minimum Gasteiger partial charge on any atom is -0.369 e. The van der Waals surface area contributed by atoms with Gasteiger partial charge < -0.3 is 10.2 Å². The summed E-state index contributed by atoms with van der Waals surface area (Å²) in [5, 5.41) is 3.27. The van der Waals surface area contributed by atoms with Crippen molar-refractivity contribution in [3.05, 3.63) is 63.2 Å². The second-order valence-corrected chi connectivity index (χ2v) is 8.31. The number of amidine groups is 1. The molecule has 0 aromatic heterocycles. The second-order valence-electron chi connectivity index (χ2n) is 6.36. The fourth-order valence-electron chi connectivity index (χ4n) is 3.09. The van der Waals surface area contributed by atoms with E-state index in [0.717, 1.165) is 36.1 Å². The molecule has 138 valence electrons. The smallest absolute Gasteiger partial charge is 0.264 e. The van der Waals surface area contributed by atoms with Crippen LogP contribution < -0.4 is 10.2 Å². The van der Waals surface area contributed by atoms with Gasteiger partial charge in [0, 0.05) is 17.6 Å². The molecule has 1 N–H and O–H groups in total. The number of nitrogens with one attached hydrogen (secondary N) is 1. The number of hydrogen-bond donors (Lipinski definition) is 1. The van der Waals surface area contributed by atoms with Crippen molar-refractivity contribution in [2.24, 2.45) is 4.99 Å². The van der Waals surface area contributed by atoms with E-state index in [1.165, 1.54) is 17.8 Å². The molecule has 2 aliphatic heterocycles. The number of benzene rings is 2. The highest BCUT2D eigenvalue weighted by Gasteiger charge is 2.24. The average Bonchev–Trinajstić information content (AvgIpc) is 3.28. The normalized spacial score (nSPS) is 19.9. The number of halogens is 2. The predicted octanol–water partition coefficient (Wildman–Crippen LogP) is 5.08. The van der Waals surface area contributed by atoms with Crippen LogP contribution in [0.1, 0.15) is 18.4 Å². The van der Waals surface area contributed by atoms with Gasteiger partial charge in [0.15, 0.2) is 5.17 Å². The fraction of sp³-hybridized carbons (Fsp3) is 0.200. The van der Waals surface area contributed by atoms with Crippen LogP contribution in [0.25, 0.3) is 6.08 Å². The standard InChI is InChI=1S/C20H17BrFN3OS/c21-14-4-6-15(7-5-14)23-20-24-19(26)18(27-20)12-13-3-8-17(16(22)11-13)25-9-1-2-10-25/h3-8,11-12H,1-2,9-10H2,(H,23,24,26)/b18-12-. The zero-order valence-corrected chi connectivity index (χ0v) is 16.8. The van der Waals surface area contributed by atoms with Crippen LogP contribution >= 0.6 is 27.7 Å². The Labute approximate surface area is 169 Å². The number of carbonyl (C=O) groups excluding carboxylic acids is 1. The number of rotatable bonds is 3. The number of hydrogen-bond acceptors (Lipinski definition) is 4. The first-order valence-electron chi connectivity index (χ1n) is 8.68. The molecule has 2 heterocycles. The lowest BCUT2D eigenvalue weighted by atomic mass is 10.1. The molecule has 0 unspecified atom stereocenters. The number of amides is 1. The molecule has 2 aromatic carbocycles. The average molecular weight is 446 g/mol. The Kier molecular flexibility index (Phi) is 5.31. The van der Waals surface area contributed by atoms with Crippen molar-refractivity contribution in [1.82, 2.24) is 5.32 Å². The van der Waals surface area contributed by atoms with E-state index in [-0.39, 0.29) is 11.7 Å². The zero-order chi connectivity index (χ0) is 18.8. The van der Waals surface area contributed by atoms with Crippen molar-refractivity contribution in [1.29, 1.82) is 0 Å². The Morgan fingerprint density at radius 1 is 1.15 bits per heavy atom. The van der Waals surface area contributed by atoms with Crippen molar-refractivity contribution in [3.8, 4) is 0 Å². The first kappa shape index (κ1) is 18.3. The molecular formula is C20H17BrFN3OS.